The molecular weight excluding hydrogens is 705 g/mol. The maximum Gasteiger partial charge on any atom is 0.138 e. The molecule has 0 saturated carbocycles. The van der Waals surface area contributed by atoms with Crippen molar-refractivity contribution in [1.82, 2.24) is 0 Å². The Balaban J connectivity index is 1.05. The lowest BCUT2D eigenvalue weighted by atomic mass is 9.82. The fourth-order valence-corrected chi connectivity index (χ4v) is 9.20. The van der Waals surface area contributed by atoms with E-state index in [1.54, 1.807) is 0 Å². The second kappa shape index (κ2) is 13.4. The van der Waals surface area contributed by atoms with Crippen molar-refractivity contribution in [2.75, 3.05) is 9.80 Å². The lowest BCUT2D eigenvalue weighted by Crippen LogP contribution is -2.16. The Labute approximate surface area is 339 Å². The first-order valence-corrected chi connectivity index (χ1v) is 20.0. The van der Waals surface area contributed by atoms with E-state index in [9.17, 15) is 0 Å². The van der Waals surface area contributed by atoms with Crippen LogP contribution in [0.1, 0.15) is 25.0 Å². The van der Waals surface area contributed by atoms with Gasteiger partial charge >= 0.3 is 0 Å². The number of hydrogen-bond acceptors (Lipinski definition) is 3. The van der Waals surface area contributed by atoms with Crippen molar-refractivity contribution >= 4 is 44.9 Å². The smallest absolute Gasteiger partial charge is 0.138 e. The summed E-state index contributed by atoms with van der Waals surface area (Å²) in [5.74, 6) is 1.68. The molecule has 58 heavy (non-hydrogen) atoms. The summed E-state index contributed by atoms with van der Waals surface area (Å²) in [4.78, 5) is 4.67. The van der Waals surface area contributed by atoms with E-state index >= 15 is 0 Å². The first-order valence-electron chi connectivity index (χ1n) is 20.0. The first kappa shape index (κ1) is 33.9. The van der Waals surface area contributed by atoms with Crippen LogP contribution in [0, 0.1) is 0 Å². The second-order valence-electron chi connectivity index (χ2n) is 15.8. The zero-order chi connectivity index (χ0) is 38.8. The molecule has 9 aromatic carbocycles. The van der Waals surface area contributed by atoms with Crippen molar-refractivity contribution in [3.8, 4) is 44.9 Å². The molecule has 0 atom stereocenters. The molecule has 3 nitrogen and oxygen atoms in total. The van der Waals surface area contributed by atoms with Crippen LogP contribution < -0.4 is 14.5 Å². The molecule has 0 fully saturated rings. The van der Waals surface area contributed by atoms with Crippen molar-refractivity contribution in [3.05, 3.63) is 217 Å². The van der Waals surface area contributed by atoms with Gasteiger partial charge in [-0.05, 0) is 111 Å². The predicted octanol–water partition coefficient (Wildman–Crippen LogP) is 15.5. The first-order chi connectivity index (χ1) is 28.5. The molecule has 9 aromatic rings. The minimum absolute atomic E-state index is 0.128. The summed E-state index contributed by atoms with van der Waals surface area (Å²) in [6.07, 6.45) is 0. The zero-order valence-corrected chi connectivity index (χ0v) is 32.4. The van der Waals surface area contributed by atoms with Crippen LogP contribution in [0.2, 0.25) is 0 Å². The van der Waals surface area contributed by atoms with E-state index in [2.05, 4.69) is 230 Å². The molecule has 0 amide bonds. The molecule has 1 heterocycles. The van der Waals surface area contributed by atoms with Crippen LogP contribution in [0.5, 0.6) is 11.5 Å². The van der Waals surface area contributed by atoms with Crippen LogP contribution >= 0.6 is 0 Å². The summed E-state index contributed by atoms with van der Waals surface area (Å²) in [6, 6.07) is 74.1. The minimum Gasteiger partial charge on any atom is -0.456 e. The number of hydrogen-bond donors (Lipinski definition) is 0. The molecule has 11 rings (SSSR count). The summed E-state index contributed by atoms with van der Waals surface area (Å²) in [5, 5.41) is 2.26. The quantitative estimate of drug-likeness (QED) is 0.162. The van der Waals surface area contributed by atoms with Gasteiger partial charge in [0, 0.05) is 56.9 Å². The maximum atomic E-state index is 7.05. The normalized spacial score (nSPS) is 12.9. The van der Waals surface area contributed by atoms with E-state index in [1.807, 2.05) is 0 Å². The third kappa shape index (κ3) is 5.50. The summed E-state index contributed by atoms with van der Waals surface area (Å²) < 4.78 is 7.05. The Hall–Kier alpha value is -7.36. The zero-order valence-electron chi connectivity index (χ0n) is 32.4. The van der Waals surface area contributed by atoms with Gasteiger partial charge in [-0.2, -0.15) is 0 Å². The van der Waals surface area contributed by atoms with Crippen molar-refractivity contribution in [3.63, 3.8) is 0 Å². The average molecular weight is 745 g/mol. The monoisotopic (exact) mass is 744 g/mol. The van der Waals surface area contributed by atoms with E-state index in [0.29, 0.717) is 0 Å². The highest BCUT2D eigenvalue weighted by molar-refractivity contribution is 6.06. The molecule has 1 aliphatic carbocycles. The van der Waals surface area contributed by atoms with E-state index in [-0.39, 0.29) is 5.41 Å². The van der Waals surface area contributed by atoms with E-state index < -0.39 is 0 Å². The van der Waals surface area contributed by atoms with Gasteiger partial charge in [0.05, 0.1) is 5.69 Å². The number of benzene rings is 9. The van der Waals surface area contributed by atoms with Crippen molar-refractivity contribution in [1.29, 1.82) is 0 Å². The Morgan fingerprint density at radius 3 is 1.59 bits per heavy atom. The fourth-order valence-electron chi connectivity index (χ4n) is 9.20. The highest BCUT2D eigenvalue weighted by Crippen LogP contribution is 2.53. The molecule has 0 saturated heterocycles. The number of ether oxygens (including phenoxy) is 1. The summed E-state index contributed by atoms with van der Waals surface area (Å²) >= 11 is 0. The summed E-state index contributed by atoms with van der Waals surface area (Å²) in [5.41, 5.74) is 16.3. The number of fused-ring (bicyclic) bond motifs is 5. The standard InChI is InChI=1S/C55H40N2O/c1-55(2)50-24-13-12-22-46(50)47-31-29-43(34-51(47)55)57(42-27-25-38(26-28-42)37-15-6-3-7-16-37)44-30-32-48-49-23-14-17-39-33-45(36-53(54(39)49)58-52(48)35-44)56(40-18-8-4-9-19-40)41-20-10-5-11-21-41/h3-36H,1-2H3. The number of nitrogens with zero attached hydrogens (tertiary/aromatic N) is 2. The van der Waals surface area contributed by atoms with Crippen LogP contribution in [0.15, 0.2) is 206 Å². The summed E-state index contributed by atoms with van der Waals surface area (Å²) in [6.45, 7) is 4.69. The Kier molecular flexibility index (Phi) is 7.84. The van der Waals surface area contributed by atoms with Crippen LogP contribution in [0.3, 0.4) is 0 Å². The van der Waals surface area contributed by atoms with Crippen LogP contribution in [-0.4, -0.2) is 0 Å². The molecule has 2 aliphatic rings. The second-order valence-corrected chi connectivity index (χ2v) is 15.8. The fraction of sp³-hybridized carbons (Fsp3) is 0.0545. The van der Waals surface area contributed by atoms with Gasteiger partial charge in [-0.3, -0.25) is 0 Å². The molecule has 276 valence electrons. The Bertz CT molecular complexity index is 2950. The third-order valence-corrected chi connectivity index (χ3v) is 12.0. The highest BCUT2D eigenvalue weighted by atomic mass is 16.5. The SMILES string of the molecule is CC1(C)c2ccccc2-c2ccc(N(c3ccc(-c4ccccc4)cc3)c3ccc4c(c3)Oc3cc(N(c5ccccc5)c5ccccc5)cc5cccc-4c35)cc21. The molecule has 1 aliphatic heterocycles. The topological polar surface area (TPSA) is 15.7 Å². The van der Waals surface area contributed by atoms with Gasteiger partial charge in [0.25, 0.3) is 0 Å². The van der Waals surface area contributed by atoms with Gasteiger partial charge in [-0.25, -0.2) is 0 Å². The Morgan fingerprint density at radius 2 is 0.862 bits per heavy atom. The van der Waals surface area contributed by atoms with Gasteiger partial charge in [0.2, 0.25) is 0 Å². The number of anilines is 6. The highest BCUT2D eigenvalue weighted by Gasteiger charge is 2.36. The van der Waals surface area contributed by atoms with Crippen molar-refractivity contribution in [2.45, 2.75) is 19.3 Å². The van der Waals surface area contributed by atoms with Gasteiger partial charge in [-0.15, -0.1) is 0 Å². The van der Waals surface area contributed by atoms with Crippen molar-refractivity contribution in [2.24, 2.45) is 0 Å². The third-order valence-electron chi connectivity index (χ3n) is 12.0. The van der Waals surface area contributed by atoms with E-state index in [4.69, 9.17) is 4.74 Å². The van der Waals surface area contributed by atoms with Crippen LogP contribution in [-0.2, 0) is 5.41 Å². The van der Waals surface area contributed by atoms with E-state index in [0.717, 1.165) is 62.0 Å². The average Bonchev–Trinajstić information content (AvgIpc) is 3.50. The van der Waals surface area contributed by atoms with E-state index in [1.165, 1.54) is 38.9 Å². The molecule has 0 radical (unpaired) electrons. The molecule has 0 bridgehead atoms. The van der Waals surface area contributed by atoms with Gasteiger partial charge in [0.1, 0.15) is 11.5 Å². The number of para-hydroxylation sites is 2. The molecular formula is C55H40N2O. The Morgan fingerprint density at radius 1 is 0.345 bits per heavy atom. The van der Waals surface area contributed by atoms with Crippen LogP contribution in [0.25, 0.3) is 44.2 Å². The lowest BCUT2D eigenvalue weighted by Gasteiger charge is -2.30. The molecule has 3 heteroatoms. The summed E-state index contributed by atoms with van der Waals surface area (Å²) in [7, 11) is 0. The molecule has 0 unspecified atom stereocenters. The lowest BCUT2D eigenvalue weighted by molar-refractivity contribution is 0.487. The van der Waals surface area contributed by atoms with Gasteiger partial charge in [-0.1, -0.05) is 141 Å². The molecule has 0 N–H and O–H groups in total. The minimum atomic E-state index is -0.128. The molecule has 0 aromatic heterocycles. The largest absolute Gasteiger partial charge is 0.456 e. The van der Waals surface area contributed by atoms with Crippen LogP contribution in [0.4, 0.5) is 34.1 Å². The maximum absolute atomic E-state index is 7.05. The molecule has 0 spiro atoms. The van der Waals surface area contributed by atoms with Crippen molar-refractivity contribution < 1.29 is 4.74 Å². The van der Waals surface area contributed by atoms with Gasteiger partial charge < -0.3 is 14.5 Å². The predicted molar refractivity (Wildman–Crippen MR) is 242 cm³/mol. The number of rotatable bonds is 7. The van der Waals surface area contributed by atoms with Gasteiger partial charge in [0.15, 0.2) is 0 Å².